The number of phosphoric acid groups is 1. The third-order valence-electron chi connectivity index (χ3n) is 2.86. The maximum atomic E-state index is 11.5. The molecule has 0 aliphatic carbocycles. The highest BCUT2D eigenvalue weighted by atomic mass is 31.2. The van der Waals surface area contributed by atoms with Gasteiger partial charge in [0.05, 0.1) is 18.8 Å². The van der Waals surface area contributed by atoms with Gasteiger partial charge in [0.25, 0.3) is 0 Å². The summed E-state index contributed by atoms with van der Waals surface area (Å²) in [5, 5.41) is 0. The molecule has 0 radical (unpaired) electrons. The van der Waals surface area contributed by atoms with Gasteiger partial charge in [-0.2, -0.15) is 0 Å². The zero-order chi connectivity index (χ0) is 13.1. The Hall–Kier alpha value is 0.0700. The molecule has 5 nitrogen and oxygen atoms in total. The number of rotatable bonds is 6. The van der Waals surface area contributed by atoms with Crippen LogP contribution in [0, 0.1) is 11.8 Å². The second kappa shape index (κ2) is 6.30. The maximum Gasteiger partial charge on any atom is 0.472 e. The summed E-state index contributed by atoms with van der Waals surface area (Å²) in [6.07, 6.45) is 0.536. The van der Waals surface area contributed by atoms with Crippen molar-refractivity contribution in [3.05, 3.63) is 0 Å². The van der Waals surface area contributed by atoms with Crippen LogP contribution in [-0.4, -0.2) is 30.3 Å². The fourth-order valence-corrected chi connectivity index (χ4v) is 2.99. The van der Waals surface area contributed by atoms with Crippen molar-refractivity contribution in [3.8, 4) is 0 Å². The normalized spacial score (nSPS) is 28.9. The van der Waals surface area contributed by atoms with Crippen LogP contribution in [0.3, 0.4) is 0 Å². The second-order valence-corrected chi connectivity index (χ2v) is 6.43. The standard InChI is InChI=1S/C11H23O5P/c1-8(2)10-5-6-14-11(10)7-15-17(12,13)16-9(3)4/h8-11H,5-7H2,1-4H3,(H,12,13)/t10-,11-/m1/s1. The Balaban J connectivity index is 2.42. The van der Waals surface area contributed by atoms with E-state index in [0.29, 0.717) is 18.4 Å². The van der Waals surface area contributed by atoms with E-state index in [1.807, 2.05) is 0 Å². The first-order valence-electron chi connectivity index (χ1n) is 6.09. The molecule has 0 saturated carbocycles. The highest BCUT2D eigenvalue weighted by molar-refractivity contribution is 7.47. The summed E-state index contributed by atoms with van der Waals surface area (Å²) in [4.78, 5) is 9.43. The molecule has 1 aliphatic rings. The molecule has 1 heterocycles. The number of hydrogen-bond acceptors (Lipinski definition) is 4. The molecule has 0 bridgehead atoms. The predicted molar refractivity (Wildman–Crippen MR) is 64.7 cm³/mol. The van der Waals surface area contributed by atoms with E-state index in [2.05, 4.69) is 13.8 Å². The van der Waals surface area contributed by atoms with Crippen LogP contribution in [0.15, 0.2) is 0 Å². The molecular formula is C11H23O5P. The van der Waals surface area contributed by atoms with Gasteiger partial charge in [-0.1, -0.05) is 13.8 Å². The van der Waals surface area contributed by atoms with E-state index in [1.165, 1.54) is 0 Å². The van der Waals surface area contributed by atoms with Gasteiger partial charge in [0.2, 0.25) is 0 Å². The minimum Gasteiger partial charge on any atom is -0.375 e. The lowest BCUT2D eigenvalue weighted by Crippen LogP contribution is -2.25. The van der Waals surface area contributed by atoms with Crippen LogP contribution in [0.5, 0.6) is 0 Å². The third kappa shape index (κ3) is 5.06. The minimum atomic E-state index is -3.94. The van der Waals surface area contributed by atoms with Gasteiger partial charge in [-0.15, -0.1) is 0 Å². The van der Waals surface area contributed by atoms with Gasteiger partial charge in [0.1, 0.15) is 0 Å². The number of hydrogen-bond donors (Lipinski definition) is 1. The van der Waals surface area contributed by atoms with Crippen molar-refractivity contribution in [2.45, 2.75) is 46.3 Å². The molecule has 1 aliphatic heterocycles. The first kappa shape index (κ1) is 15.1. The molecule has 1 unspecified atom stereocenters. The first-order valence-corrected chi connectivity index (χ1v) is 7.58. The van der Waals surface area contributed by atoms with Gasteiger partial charge in [-0.3, -0.25) is 9.05 Å². The van der Waals surface area contributed by atoms with E-state index in [9.17, 15) is 9.46 Å². The quantitative estimate of drug-likeness (QED) is 0.748. The molecule has 1 rings (SSSR count). The smallest absolute Gasteiger partial charge is 0.375 e. The first-order chi connectivity index (χ1) is 7.82. The lowest BCUT2D eigenvalue weighted by atomic mass is 9.90. The van der Waals surface area contributed by atoms with Crippen LogP contribution in [0.2, 0.25) is 0 Å². The fraction of sp³-hybridized carbons (Fsp3) is 1.00. The Labute approximate surface area is 103 Å². The molecule has 0 aromatic heterocycles. The lowest BCUT2D eigenvalue weighted by Gasteiger charge is -2.23. The third-order valence-corrected chi connectivity index (χ3v) is 4.03. The van der Waals surface area contributed by atoms with Gasteiger partial charge in [0, 0.05) is 6.61 Å². The summed E-state index contributed by atoms with van der Waals surface area (Å²) < 4.78 is 26.8. The molecule has 0 aromatic rings. The van der Waals surface area contributed by atoms with Crippen LogP contribution in [0.4, 0.5) is 0 Å². The van der Waals surface area contributed by atoms with Crippen LogP contribution < -0.4 is 0 Å². The Morgan fingerprint density at radius 3 is 2.59 bits per heavy atom. The molecular weight excluding hydrogens is 243 g/mol. The topological polar surface area (TPSA) is 65.0 Å². The van der Waals surface area contributed by atoms with E-state index in [1.54, 1.807) is 13.8 Å². The Morgan fingerprint density at radius 2 is 2.06 bits per heavy atom. The van der Waals surface area contributed by atoms with Crippen LogP contribution >= 0.6 is 7.82 Å². The molecule has 1 fully saturated rings. The zero-order valence-corrected chi connectivity index (χ0v) is 11.9. The monoisotopic (exact) mass is 266 g/mol. The summed E-state index contributed by atoms with van der Waals surface area (Å²) in [6.45, 7) is 8.43. The van der Waals surface area contributed by atoms with E-state index >= 15 is 0 Å². The van der Waals surface area contributed by atoms with Crippen molar-refractivity contribution in [3.63, 3.8) is 0 Å². The molecule has 102 valence electrons. The van der Waals surface area contributed by atoms with Gasteiger partial charge in [0.15, 0.2) is 0 Å². The lowest BCUT2D eigenvalue weighted by molar-refractivity contribution is 0.0201. The molecule has 0 spiro atoms. The van der Waals surface area contributed by atoms with Gasteiger partial charge < -0.3 is 9.63 Å². The maximum absolute atomic E-state index is 11.5. The molecule has 1 saturated heterocycles. The van der Waals surface area contributed by atoms with Crippen molar-refractivity contribution < 1.29 is 23.2 Å². The fourth-order valence-electron chi connectivity index (χ4n) is 2.06. The van der Waals surface area contributed by atoms with Crippen molar-refractivity contribution in [2.75, 3.05) is 13.2 Å². The Bertz CT molecular complexity index is 279. The molecule has 17 heavy (non-hydrogen) atoms. The van der Waals surface area contributed by atoms with Gasteiger partial charge in [-0.25, -0.2) is 4.57 Å². The van der Waals surface area contributed by atoms with Crippen molar-refractivity contribution in [1.29, 1.82) is 0 Å². The molecule has 1 N–H and O–H groups in total. The average Bonchev–Trinajstić information content (AvgIpc) is 2.60. The number of phosphoric ester groups is 1. The Morgan fingerprint density at radius 1 is 1.41 bits per heavy atom. The zero-order valence-electron chi connectivity index (χ0n) is 11.0. The van der Waals surface area contributed by atoms with E-state index in [-0.39, 0.29) is 18.8 Å². The van der Waals surface area contributed by atoms with Crippen molar-refractivity contribution in [2.24, 2.45) is 11.8 Å². The van der Waals surface area contributed by atoms with Crippen LogP contribution in [0.25, 0.3) is 0 Å². The van der Waals surface area contributed by atoms with Gasteiger partial charge >= 0.3 is 7.82 Å². The number of ether oxygens (including phenoxy) is 1. The molecule has 3 atom stereocenters. The predicted octanol–water partition coefficient (Wildman–Crippen LogP) is 2.59. The largest absolute Gasteiger partial charge is 0.472 e. The van der Waals surface area contributed by atoms with E-state index in [0.717, 1.165) is 6.42 Å². The van der Waals surface area contributed by atoms with Crippen LogP contribution in [-0.2, 0) is 18.3 Å². The summed E-state index contributed by atoms with van der Waals surface area (Å²) in [7, 11) is -3.94. The highest BCUT2D eigenvalue weighted by Crippen LogP contribution is 2.45. The summed E-state index contributed by atoms with van der Waals surface area (Å²) in [5.41, 5.74) is 0. The molecule has 0 aromatic carbocycles. The van der Waals surface area contributed by atoms with Crippen LogP contribution in [0.1, 0.15) is 34.1 Å². The highest BCUT2D eigenvalue weighted by Gasteiger charge is 2.33. The van der Waals surface area contributed by atoms with E-state index < -0.39 is 7.82 Å². The van der Waals surface area contributed by atoms with Crippen molar-refractivity contribution >= 4 is 7.82 Å². The minimum absolute atomic E-state index is 0.105. The second-order valence-electron chi connectivity index (χ2n) is 5.02. The summed E-state index contributed by atoms with van der Waals surface area (Å²) >= 11 is 0. The SMILES string of the molecule is CC(C)OP(=O)(O)OC[C@H]1OCC[C@@H]1C(C)C. The van der Waals surface area contributed by atoms with Gasteiger partial charge in [-0.05, 0) is 32.1 Å². The Kier molecular flexibility index (Phi) is 5.61. The van der Waals surface area contributed by atoms with E-state index in [4.69, 9.17) is 13.8 Å². The summed E-state index contributed by atoms with van der Waals surface area (Å²) in [6, 6.07) is 0. The van der Waals surface area contributed by atoms with Crippen molar-refractivity contribution in [1.82, 2.24) is 0 Å². The average molecular weight is 266 g/mol. The summed E-state index contributed by atoms with van der Waals surface area (Å²) in [5.74, 6) is 0.865. The molecule has 6 heteroatoms. The molecule has 0 amide bonds.